The first-order valence-electron chi connectivity index (χ1n) is 8.69. The minimum absolute atomic E-state index is 0. The first-order chi connectivity index (χ1) is 10.5. The number of nitrogens with one attached hydrogen (secondary N) is 2. The van der Waals surface area contributed by atoms with E-state index < -0.39 is 9.84 Å². The summed E-state index contributed by atoms with van der Waals surface area (Å²) in [4.78, 5) is 4.58. The van der Waals surface area contributed by atoms with E-state index in [1.54, 1.807) is 6.92 Å². The van der Waals surface area contributed by atoms with Crippen LogP contribution in [0.1, 0.15) is 52.9 Å². The van der Waals surface area contributed by atoms with Gasteiger partial charge < -0.3 is 10.6 Å². The van der Waals surface area contributed by atoms with E-state index in [9.17, 15) is 8.42 Å². The lowest BCUT2D eigenvalue weighted by Gasteiger charge is -2.26. The summed E-state index contributed by atoms with van der Waals surface area (Å²) < 4.78 is 23.0. The van der Waals surface area contributed by atoms with Gasteiger partial charge in [0.25, 0.3) is 0 Å². The molecule has 0 radical (unpaired) electrons. The fraction of sp³-hybridized carbons (Fsp3) is 0.938. The Kier molecular flexibility index (Phi) is 12.3. The quantitative estimate of drug-likeness (QED) is 0.333. The summed E-state index contributed by atoms with van der Waals surface area (Å²) in [7, 11) is -2.92. The second-order valence-corrected chi connectivity index (χ2v) is 8.82. The van der Waals surface area contributed by atoms with E-state index in [-0.39, 0.29) is 35.5 Å². The summed E-state index contributed by atoms with van der Waals surface area (Å²) in [5.41, 5.74) is 0. The highest BCUT2D eigenvalue weighted by Crippen LogP contribution is 2.30. The second kappa shape index (κ2) is 12.3. The van der Waals surface area contributed by atoms with Crippen molar-refractivity contribution in [3.8, 4) is 0 Å². The van der Waals surface area contributed by atoms with Crippen LogP contribution in [0.3, 0.4) is 0 Å². The van der Waals surface area contributed by atoms with Crippen LogP contribution in [-0.4, -0.2) is 45.5 Å². The van der Waals surface area contributed by atoms with Crippen molar-refractivity contribution in [2.75, 3.05) is 31.1 Å². The molecular formula is C16H34IN3O2S. The Morgan fingerprint density at radius 2 is 1.96 bits per heavy atom. The number of hydrogen-bond donors (Lipinski definition) is 2. The zero-order valence-corrected chi connectivity index (χ0v) is 18.0. The smallest absolute Gasteiger partial charge is 0.191 e. The molecule has 1 saturated carbocycles. The van der Waals surface area contributed by atoms with Crippen LogP contribution >= 0.6 is 24.0 Å². The Labute approximate surface area is 159 Å². The van der Waals surface area contributed by atoms with Crippen molar-refractivity contribution in [3.05, 3.63) is 0 Å². The molecule has 23 heavy (non-hydrogen) atoms. The first kappa shape index (κ1) is 22.9. The minimum atomic E-state index is -2.92. The molecule has 0 aromatic heterocycles. The van der Waals surface area contributed by atoms with Gasteiger partial charge in [-0.3, -0.25) is 4.99 Å². The van der Waals surface area contributed by atoms with Crippen LogP contribution in [0, 0.1) is 11.8 Å². The highest BCUT2D eigenvalue weighted by Gasteiger charge is 2.18. The average Bonchev–Trinajstić information content (AvgIpc) is 2.47. The van der Waals surface area contributed by atoms with Crippen molar-refractivity contribution >= 4 is 39.8 Å². The molecule has 1 aliphatic carbocycles. The maximum absolute atomic E-state index is 11.5. The molecule has 138 valence electrons. The van der Waals surface area contributed by atoms with Gasteiger partial charge in [-0.2, -0.15) is 0 Å². The summed E-state index contributed by atoms with van der Waals surface area (Å²) in [5.74, 6) is 2.75. The maximum atomic E-state index is 11.5. The molecule has 2 atom stereocenters. The third-order valence-corrected chi connectivity index (χ3v) is 6.05. The predicted octanol–water partition coefficient (Wildman–Crippen LogP) is 2.81. The molecule has 0 heterocycles. The molecule has 0 amide bonds. The van der Waals surface area contributed by atoms with E-state index in [0.29, 0.717) is 6.54 Å². The van der Waals surface area contributed by atoms with Gasteiger partial charge in [0.15, 0.2) is 15.8 Å². The molecule has 7 heteroatoms. The van der Waals surface area contributed by atoms with Crippen LogP contribution in [0.2, 0.25) is 0 Å². The number of halogens is 1. The Hall–Kier alpha value is -0.0500. The SMILES string of the molecule is CCNC(=NCCC1CCCC(C)C1)NCCS(=O)(=O)CC.I. The fourth-order valence-electron chi connectivity index (χ4n) is 2.99. The zero-order valence-electron chi connectivity index (χ0n) is 14.8. The van der Waals surface area contributed by atoms with Gasteiger partial charge in [0, 0.05) is 25.4 Å². The summed E-state index contributed by atoms with van der Waals surface area (Å²) in [6.45, 7) is 8.06. The largest absolute Gasteiger partial charge is 0.357 e. The Morgan fingerprint density at radius 1 is 1.22 bits per heavy atom. The van der Waals surface area contributed by atoms with Crippen LogP contribution in [-0.2, 0) is 9.84 Å². The molecule has 0 aromatic carbocycles. The molecule has 1 aliphatic rings. The van der Waals surface area contributed by atoms with Crippen LogP contribution in [0.15, 0.2) is 4.99 Å². The molecule has 0 bridgehead atoms. The normalized spacial score (nSPS) is 22.3. The van der Waals surface area contributed by atoms with Gasteiger partial charge in [0.05, 0.1) is 5.75 Å². The fourth-order valence-corrected chi connectivity index (χ4v) is 3.69. The van der Waals surface area contributed by atoms with Gasteiger partial charge in [-0.1, -0.05) is 33.1 Å². The Bertz CT molecular complexity index is 441. The monoisotopic (exact) mass is 459 g/mol. The summed E-state index contributed by atoms with van der Waals surface area (Å²) in [6, 6.07) is 0. The van der Waals surface area contributed by atoms with Gasteiger partial charge in [-0.25, -0.2) is 8.42 Å². The van der Waals surface area contributed by atoms with Crippen LogP contribution in [0.4, 0.5) is 0 Å². The third kappa shape index (κ3) is 10.4. The second-order valence-electron chi connectivity index (χ2n) is 6.35. The van der Waals surface area contributed by atoms with Crippen LogP contribution < -0.4 is 10.6 Å². The minimum Gasteiger partial charge on any atom is -0.357 e. The van der Waals surface area contributed by atoms with Crippen molar-refractivity contribution in [2.45, 2.75) is 52.9 Å². The first-order valence-corrected chi connectivity index (χ1v) is 10.5. The van der Waals surface area contributed by atoms with Gasteiger partial charge in [0.1, 0.15) is 0 Å². The van der Waals surface area contributed by atoms with Crippen molar-refractivity contribution in [1.82, 2.24) is 10.6 Å². The number of aliphatic imine (C=N–C) groups is 1. The molecule has 0 saturated heterocycles. The highest BCUT2D eigenvalue weighted by atomic mass is 127. The molecule has 0 aliphatic heterocycles. The van der Waals surface area contributed by atoms with Crippen molar-refractivity contribution in [2.24, 2.45) is 16.8 Å². The number of rotatable bonds is 8. The molecule has 1 rings (SSSR count). The van der Waals surface area contributed by atoms with Gasteiger partial charge in [-0.15, -0.1) is 24.0 Å². The molecule has 0 aromatic rings. The van der Waals surface area contributed by atoms with Gasteiger partial charge >= 0.3 is 0 Å². The summed E-state index contributed by atoms with van der Waals surface area (Å²) in [5, 5.41) is 6.29. The van der Waals surface area contributed by atoms with E-state index in [1.165, 1.54) is 25.7 Å². The lowest BCUT2D eigenvalue weighted by molar-refractivity contribution is 0.272. The lowest BCUT2D eigenvalue weighted by atomic mass is 9.81. The Balaban J connectivity index is 0.00000484. The molecule has 5 nitrogen and oxygen atoms in total. The van der Waals surface area contributed by atoms with E-state index >= 15 is 0 Å². The number of guanidine groups is 1. The maximum Gasteiger partial charge on any atom is 0.191 e. The van der Waals surface area contributed by atoms with Crippen molar-refractivity contribution < 1.29 is 8.42 Å². The average molecular weight is 459 g/mol. The standard InChI is InChI=1S/C16H33N3O2S.HI/c1-4-17-16(19-11-12-22(20,21)5-2)18-10-9-15-8-6-7-14(3)13-15;/h14-15H,4-13H2,1-3H3,(H2,17,18,19);1H. The van der Waals surface area contributed by atoms with Crippen molar-refractivity contribution in [1.29, 1.82) is 0 Å². The van der Waals surface area contributed by atoms with Crippen LogP contribution in [0.5, 0.6) is 0 Å². The Morgan fingerprint density at radius 3 is 2.57 bits per heavy atom. The molecule has 2 N–H and O–H groups in total. The topological polar surface area (TPSA) is 70.6 Å². The summed E-state index contributed by atoms with van der Waals surface area (Å²) >= 11 is 0. The lowest BCUT2D eigenvalue weighted by Crippen LogP contribution is -2.39. The molecule has 1 fully saturated rings. The van der Waals surface area contributed by atoms with Gasteiger partial charge in [-0.05, 0) is 31.6 Å². The third-order valence-electron chi connectivity index (χ3n) is 4.34. The van der Waals surface area contributed by atoms with E-state index in [0.717, 1.165) is 37.3 Å². The van der Waals surface area contributed by atoms with E-state index in [1.807, 2.05) is 6.92 Å². The molecule has 0 spiro atoms. The van der Waals surface area contributed by atoms with Gasteiger partial charge in [0.2, 0.25) is 0 Å². The highest BCUT2D eigenvalue weighted by molar-refractivity contribution is 14.0. The number of sulfone groups is 1. The molecule has 2 unspecified atom stereocenters. The van der Waals surface area contributed by atoms with E-state index in [4.69, 9.17) is 0 Å². The summed E-state index contributed by atoms with van der Waals surface area (Å²) in [6.07, 6.45) is 6.51. The zero-order chi connectivity index (χ0) is 16.4. The van der Waals surface area contributed by atoms with E-state index in [2.05, 4.69) is 22.5 Å². The molecular weight excluding hydrogens is 425 g/mol. The number of nitrogens with zero attached hydrogens (tertiary/aromatic N) is 1. The predicted molar refractivity (Wildman–Crippen MR) is 109 cm³/mol. The van der Waals surface area contributed by atoms with Crippen LogP contribution in [0.25, 0.3) is 0 Å². The van der Waals surface area contributed by atoms with Crippen molar-refractivity contribution in [3.63, 3.8) is 0 Å². The number of hydrogen-bond acceptors (Lipinski definition) is 3.